The van der Waals surface area contributed by atoms with Crippen LogP contribution >= 0.6 is 0 Å². The Morgan fingerprint density at radius 3 is 1.88 bits per heavy atom. The summed E-state index contributed by atoms with van der Waals surface area (Å²) in [6.07, 6.45) is 2.05. The van der Waals surface area contributed by atoms with E-state index in [-0.39, 0.29) is 6.10 Å². The second kappa shape index (κ2) is 13.9. The fourth-order valence-electron chi connectivity index (χ4n) is 1.29. The van der Waals surface area contributed by atoms with E-state index in [4.69, 9.17) is 18.9 Å². The van der Waals surface area contributed by atoms with Crippen LogP contribution in [0, 0.1) is 0 Å². The Kier molecular flexibility index (Phi) is 13.8. The van der Waals surface area contributed by atoms with Crippen molar-refractivity contribution < 1.29 is 18.9 Å². The van der Waals surface area contributed by atoms with Crippen molar-refractivity contribution in [1.82, 2.24) is 0 Å². The molecule has 104 valence electrons. The summed E-state index contributed by atoms with van der Waals surface area (Å²) in [6.45, 7) is 11.3. The Morgan fingerprint density at radius 1 is 0.765 bits per heavy atom. The van der Waals surface area contributed by atoms with E-state index in [1.807, 2.05) is 20.8 Å². The van der Waals surface area contributed by atoms with Crippen molar-refractivity contribution in [3.8, 4) is 0 Å². The van der Waals surface area contributed by atoms with Gasteiger partial charge in [0.05, 0.1) is 12.7 Å². The second-order valence-electron chi connectivity index (χ2n) is 3.86. The van der Waals surface area contributed by atoms with Gasteiger partial charge in [0.15, 0.2) is 0 Å². The molecule has 4 heteroatoms. The molecule has 0 N–H and O–H groups in total. The molecule has 17 heavy (non-hydrogen) atoms. The summed E-state index contributed by atoms with van der Waals surface area (Å²) in [6, 6.07) is 0. The molecule has 0 spiro atoms. The van der Waals surface area contributed by atoms with Gasteiger partial charge in [-0.15, -0.1) is 0 Å². The van der Waals surface area contributed by atoms with Gasteiger partial charge in [0.25, 0.3) is 0 Å². The van der Waals surface area contributed by atoms with Crippen LogP contribution in [-0.2, 0) is 18.9 Å². The normalized spacial score (nSPS) is 12.9. The van der Waals surface area contributed by atoms with Crippen molar-refractivity contribution in [2.24, 2.45) is 0 Å². The third-order valence-electron chi connectivity index (χ3n) is 2.17. The molecule has 0 aliphatic carbocycles. The minimum atomic E-state index is 0.156. The SMILES string of the molecule is CCOCCCOCC(C)OCCCOCC. The molecule has 0 bridgehead atoms. The summed E-state index contributed by atoms with van der Waals surface area (Å²) >= 11 is 0. The standard InChI is InChI=1S/C13H28O4/c1-4-14-8-6-10-16-12-13(3)17-11-7-9-15-5-2/h13H,4-12H2,1-3H3. The van der Waals surface area contributed by atoms with Gasteiger partial charge in [-0.3, -0.25) is 0 Å². The van der Waals surface area contributed by atoms with E-state index in [2.05, 4.69) is 0 Å². The number of ether oxygens (including phenoxy) is 4. The van der Waals surface area contributed by atoms with E-state index in [1.54, 1.807) is 0 Å². The highest BCUT2D eigenvalue weighted by molar-refractivity contribution is 4.48. The van der Waals surface area contributed by atoms with Gasteiger partial charge in [-0.2, -0.15) is 0 Å². The fourth-order valence-corrected chi connectivity index (χ4v) is 1.29. The third kappa shape index (κ3) is 13.8. The predicted molar refractivity (Wildman–Crippen MR) is 68.5 cm³/mol. The van der Waals surface area contributed by atoms with Crippen LogP contribution < -0.4 is 0 Å². The molecule has 0 radical (unpaired) electrons. The molecule has 0 saturated heterocycles. The van der Waals surface area contributed by atoms with Gasteiger partial charge < -0.3 is 18.9 Å². The zero-order valence-corrected chi connectivity index (χ0v) is 11.6. The van der Waals surface area contributed by atoms with Crippen LogP contribution in [0.1, 0.15) is 33.6 Å². The maximum atomic E-state index is 5.58. The first-order chi connectivity index (χ1) is 8.31. The highest BCUT2D eigenvalue weighted by Gasteiger charge is 2.01. The Labute approximate surface area is 106 Å². The molecule has 0 amide bonds. The minimum absolute atomic E-state index is 0.156. The summed E-state index contributed by atoms with van der Waals surface area (Å²) in [5.74, 6) is 0. The molecule has 1 atom stereocenters. The molecule has 0 aromatic rings. The van der Waals surface area contributed by atoms with Gasteiger partial charge >= 0.3 is 0 Å². The number of hydrogen-bond donors (Lipinski definition) is 0. The molecule has 0 heterocycles. The lowest BCUT2D eigenvalue weighted by Crippen LogP contribution is -2.18. The zero-order valence-electron chi connectivity index (χ0n) is 11.6. The third-order valence-corrected chi connectivity index (χ3v) is 2.17. The van der Waals surface area contributed by atoms with Gasteiger partial charge in [0.1, 0.15) is 0 Å². The Balaban J connectivity index is 3.09. The summed E-state index contributed by atoms with van der Waals surface area (Å²) in [4.78, 5) is 0. The molecule has 0 rings (SSSR count). The van der Waals surface area contributed by atoms with Crippen LogP contribution in [0.4, 0.5) is 0 Å². The molecule has 0 aromatic heterocycles. The van der Waals surface area contributed by atoms with Crippen molar-refractivity contribution >= 4 is 0 Å². The van der Waals surface area contributed by atoms with Crippen LogP contribution in [0.5, 0.6) is 0 Å². The van der Waals surface area contributed by atoms with Gasteiger partial charge in [-0.1, -0.05) is 0 Å². The average Bonchev–Trinajstić information content (AvgIpc) is 2.33. The molecular weight excluding hydrogens is 220 g/mol. The van der Waals surface area contributed by atoms with E-state index in [0.29, 0.717) is 6.61 Å². The summed E-state index contributed by atoms with van der Waals surface area (Å²) in [7, 11) is 0. The maximum Gasteiger partial charge on any atom is 0.0780 e. The highest BCUT2D eigenvalue weighted by atomic mass is 16.5. The first-order valence-corrected chi connectivity index (χ1v) is 6.66. The van der Waals surface area contributed by atoms with Gasteiger partial charge in [-0.25, -0.2) is 0 Å². The monoisotopic (exact) mass is 248 g/mol. The first kappa shape index (κ1) is 16.8. The van der Waals surface area contributed by atoms with Gasteiger partial charge in [0, 0.05) is 39.6 Å². The van der Waals surface area contributed by atoms with Crippen LogP contribution in [0.15, 0.2) is 0 Å². The largest absolute Gasteiger partial charge is 0.382 e. The minimum Gasteiger partial charge on any atom is -0.382 e. The van der Waals surface area contributed by atoms with E-state index in [9.17, 15) is 0 Å². The quantitative estimate of drug-likeness (QED) is 0.469. The molecule has 0 fully saturated rings. The Morgan fingerprint density at radius 2 is 1.29 bits per heavy atom. The molecule has 0 aliphatic heterocycles. The van der Waals surface area contributed by atoms with E-state index >= 15 is 0 Å². The van der Waals surface area contributed by atoms with Crippen LogP contribution in [0.2, 0.25) is 0 Å². The predicted octanol–water partition coefficient (Wildman–Crippen LogP) is 2.26. The van der Waals surface area contributed by atoms with Crippen molar-refractivity contribution in [3.63, 3.8) is 0 Å². The van der Waals surface area contributed by atoms with E-state index < -0.39 is 0 Å². The van der Waals surface area contributed by atoms with Crippen molar-refractivity contribution in [1.29, 1.82) is 0 Å². The maximum absolute atomic E-state index is 5.58. The molecule has 0 aromatic carbocycles. The van der Waals surface area contributed by atoms with Crippen LogP contribution in [0.3, 0.4) is 0 Å². The lowest BCUT2D eigenvalue weighted by molar-refractivity contribution is -0.0176. The number of rotatable bonds is 13. The smallest absolute Gasteiger partial charge is 0.0780 e. The van der Waals surface area contributed by atoms with Crippen LogP contribution in [-0.4, -0.2) is 52.4 Å². The molecule has 1 unspecified atom stereocenters. The zero-order chi connectivity index (χ0) is 12.8. The summed E-state index contributed by atoms with van der Waals surface area (Å²) < 4.78 is 21.5. The van der Waals surface area contributed by atoms with Crippen molar-refractivity contribution in [2.45, 2.75) is 39.7 Å². The Bertz CT molecular complexity index is 141. The van der Waals surface area contributed by atoms with E-state index in [0.717, 1.165) is 52.5 Å². The summed E-state index contributed by atoms with van der Waals surface area (Å²) in [5, 5.41) is 0. The number of hydrogen-bond acceptors (Lipinski definition) is 4. The second-order valence-corrected chi connectivity index (χ2v) is 3.86. The average molecular weight is 248 g/mol. The molecule has 0 saturated carbocycles. The molecule has 0 aliphatic rings. The van der Waals surface area contributed by atoms with Crippen LogP contribution in [0.25, 0.3) is 0 Å². The molecule has 4 nitrogen and oxygen atoms in total. The first-order valence-electron chi connectivity index (χ1n) is 6.66. The lowest BCUT2D eigenvalue weighted by Gasteiger charge is -2.13. The molecular formula is C13H28O4. The van der Waals surface area contributed by atoms with Gasteiger partial charge in [0.2, 0.25) is 0 Å². The van der Waals surface area contributed by atoms with Gasteiger partial charge in [-0.05, 0) is 33.6 Å². The Hall–Kier alpha value is -0.160. The van der Waals surface area contributed by atoms with Crippen molar-refractivity contribution in [2.75, 3.05) is 46.2 Å². The summed E-state index contributed by atoms with van der Waals surface area (Å²) in [5.41, 5.74) is 0. The lowest BCUT2D eigenvalue weighted by atomic mass is 10.4. The van der Waals surface area contributed by atoms with Crippen molar-refractivity contribution in [3.05, 3.63) is 0 Å². The topological polar surface area (TPSA) is 36.9 Å². The fraction of sp³-hybridized carbons (Fsp3) is 1.00. The van der Waals surface area contributed by atoms with E-state index in [1.165, 1.54) is 0 Å². The highest BCUT2D eigenvalue weighted by Crippen LogP contribution is 1.95.